The molecule has 9 heteroatoms. The summed E-state index contributed by atoms with van der Waals surface area (Å²) in [5.41, 5.74) is 0.716. The average molecular weight is 521 g/mol. The third-order valence-electron chi connectivity index (χ3n) is 6.06. The minimum Gasteiger partial charge on any atom is -0.459 e. The van der Waals surface area contributed by atoms with Crippen LogP contribution in [0.5, 0.6) is 0 Å². The van der Waals surface area contributed by atoms with E-state index in [2.05, 4.69) is 0 Å². The van der Waals surface area contributed by atoms with Gasteiger partial charge in [0.05, 0.1) is 22.8 Å². The van der Waals surface area contributed by atoms with E-state index in [1.165, 1.54) is 31.2 Å². The van der Waals surface area contributed by atoms with Gasteiger partial charge >= 0.3 is 17.9 Å². The molecule has 0 radical (unpaired) electrons. The Labute approximate surface area is 219 Å². The average Bonchev–Trinajstić information content (AvgIpc) is 2.95. The zero-order valence-corrected chi connectivity index (χ0v) is 20.6. The van der Waals surface area contributed by atoms with E-state index in [1.807, 2.05) is 0 Å². The van der Waals surface area contributed by atoms with Crippen molar-refractivity contribution in [1.29, 1.82) is 0 Å². The fraction of sp³-hybridized carbons (Fsp3) is 0.276. The molecule has 1 heterocycles. The van der Waals surface area contributed by atoms with Gasteiger partial charge in [-0.15, -0.1) is 0 Å². The predicted octanol–water partition coefficient (Wildman–Crippen LogP) is 2.80. The van der Waals surface area contributed by atoms with E-state index in [-0.39, 0.29) is 11.1 Å². The van der Waals surface area contributed by atoms with Crippen LogP contribution in [0.15, 0.2) is 91.0 Å². The Morgan fingerprint density at radius 3 is 1.61 bits per heavy atom. The fourth-order valence-corrected chi connectivity index (χ4v) is 4.11. The van der Waals surface area contributed by atoms with E-state index >= 15 is 0 Å². The van der Waals surface area contributed by atoms with Crippen molar-refractivity contribution in [1.82, 2.24) is 0 Å². The molecule has 0 bridgehead atoms. The number of benzene rings is 3. The van der Waals surface area contributed by atoms with E-state index in [0.717, 1.165) is 0 Å². The Bertz CT molecular complexity index is 1210. The number of aliphatic hydroxyl groups is 2. The van der Waals surface area contributed by atoms with Crippen LogP contribution in [0.3, 0.4) is 0 Å². The van der Waals surface area contributed by atoms with Crippen LogP contribution in [0, 0.1) is 0 Å². The minimum absolute atomic E-state index is 0.208. The molecule has 0 saturated carbocycles. The first-order valence-corrected chi connectivity index (χ1v) is 12.1. The highest BCUT2D eigenvalue weighted by Crippen LogP contribution is 2.30. The Balaban J connectivity index is 1.63. The van der Waals surface area contributed by atoms with Crippen molar-refractivity contribution in [3.63, 3.8) is 0 Å². The number of carbonyl (C=O) groups is 3. The summed E-state index contributed by atoms with van der Waals surface area (Å²) in [6.07, 6.45) is -7.96. The first kappa shape index (κ1) is 27.0. The van der Waals surface area contributed by atoms with Crippen molar-refractivity contribution < 1.29 is 43.5 Å². The zero-order valence-electron chi connectivity index (χ0n) is 20.6. The van der Waals surface area contributed by atoms with E-state index in [4.69, 9.17) is 18.9 Å². The van der Waals surface area contributed by atoms with E-state index in [9.17, 15) is 24.6 Å². The molecular formula is C29H28O9. The maximum atomic E-state index is 13.0. The van der Waals surface area contributed by atoms with Crippen LogP contribution in [-0.2, 0) is 18.9 Å². The molecular weight excluding hydrogens is 492 g/mol. The Morgan fingerprint density at radius 1 is 0.737 bits per heavy atom. The molecule has 9 nitrogen and oxygen atoms in total. The summed E-state index contributed by atoms with van der Waals surface area (Å²) in [6, 6.07) is 24.4. The van der Waals surface area contributed by atoms with E-state index in [1.54, 1.807) is 66.7 Å². The summed E-state index contributed by atoms with van der Waals surface area (Å²) in [6.45, 7) is 0.989. The lowest BCUT2D eigenvalue weighted by molar-refractivity contribution is -0.246. The van der Waals surface area contributed by atoms with Gasteiger partial charge in [0.2, 0.25) is 0 Å². The number of rotatable bonds is 8. The third kappa shape index (κ3) is 6.44. The molecule has 6 atom stereocenters. The Morgan fingerprint density at radius 2 is 1.16 bits per heavy atom. The highest BCUT2D eigenvalue weighted by atomic mass is 16.6. The molecule has 0 aromatic heterocycles. The zero-order chi connectivity index (χ0) is 27.1. The second-order valence-corrected chi connectivity index (χ2v) is 8.81. The van der Waals surface area contributed by atoms with E-state index < -0.39 is 61.1 Å². The molecule has 0 spiro atoms. The van der Waals surface area contributed by atoms with Crippen LogP contribution in [0.25, 0.3) is 0 Å². The van der Waals surface area contributed by atoms with Gasteiger partial charge in [0, 0.05) is 0 Å². The van der Waals surface area contributed by atoms with Gasteiger partial charge in [0.1, 0.15) is 24.9 Å². The number of esters is 3. The largest absolute Gasteiger partial charge is 0.459 e. The normalized spacial score (nSPS) is 23.6. The van der Waals surface area contributed by atoms with Crippen LogP contribution in [-0.4, -0.2) is 71.4 Å². The number of hydrogen-bond donors (Lipinski definition) is 2. The van der Waals surface area contributed by atoms with Crippen LogP contribution < -0.4 is 0 Å². The fourth-order valence-electron chi connectivity index (χ4n) is 4.11. The molecule has 1 aliphatic heterocycles. The summed E-state index contributed by atoms with van der Waals surface area (Å²) in [5.74, 6) is -2.19. The van der Waals surface area contributed by atoms with Crippen molar-refractivity contribution in [3.05, 3.63) is 108 Å². The topological polar surface area (TPSA) is 129 Å². The molecule has 3 aromatic rings. The standard InChI is InChI=1S/C29H28O9/c1-18(30)24-23(31)26(38-29(34)21-15-9-4-10-16-21)25(37-28(33)20-13-7-3-8-14-20)22(36-24)17-35-27(32)19-11-5-2-6-12-19/h2-16,18,22-26,30-31H,17H2,1H3/t18-,22-,23+,24-,25-,26-/m1/s1. The van der Waals surface area contributed by atoms with Crippen molar-refractivity contribution in [2.45, 2.75) is 43.5 Å². The molecule has 1 saturated heterocycles. The lowest BCUT2D eigenvalue weighted by Gasteiger charge is -2.44. The third-order valence-corrected chi connectivity index (χ3v) is 6.06. The summed E-state index contributed by atoms with van der Waals surface area (Å²) >= 11 is 0. The first-order valence-electron chi connectivity index (χ1n) is 12.1. The second kappa shape index (κ2) is 12.5. The van der Waals surface area contributed by atoms with Crippen molar-refractivity contribution >= 4 is 17.9 Å². The van der Waals surface area contributed by atoms with Gasteiger partial charge in [-0.05, 0) is 43.3 Å². The summed E-state index contributed by atoms with van der Waals surface area (Å²) in [4.78, 5) is 38.5. The van der Waals surface area contributed by atoms with E-state index in [0.29, 0.717) is 5.56 Å². The maximum absolute atomic E-state index is 13.0. The predicted molar refractivity (Wildman–Crippen MR) is 134 cm³/mol. The van der Waals surface area contributed by atoms with Crippen molar-refractivity contribution in [3.8, 4) is 0 Å². The SMILES string of the molecule is C[C@@H](O)[C@H]1O[C@H](COC(=O)c2ccccc2)[C@@H](OC(=O)c2ccccc2)[C@H](OC(=O)c2ccccc2)[C@H]1O. The van der Waals surface area contributed by atoms with Crippen LogP contribution in [0.2, 0.25) is 0 Å². The first-order chi connectivity index (χ1) is 18.3. The van der Waals surface area contributed by atoms with Gasteiger partial charge < -0.3 is 29.2 Å². The highest BCUT2D eigenvalue weighted by Gasteiger charge is 2.51. The highest BCUT2D eigenvalue weighted by molar-refractivity contribution is 5.90. The molecule has 0 unspecified atom stereocenters. The molecule has 0 aliphatic carbocycles. The van der Waals surface area contributed by atoms with Crippen LogP contribution >= 0.6 is 0 Å². The second-order valence-electron chi connectivity index (χ2n) is 8.81. The Hall–Kier alpha value is -4.05. The number of aliphatic hydroxyl groups excluding tert-OH is 2. The molecule has 198 valence electrons. The van der Waals surface area contributed by atoms with Crippen LogP contribution in [0.4, 0.5) is 0 Å². The van der Waals surface area contributed by atoms with Gasteiger partial charge in [-0.2, -0.15) is 0 Å². The van der Waals surface area contributed by atoms with Gasteiger partial charge in [0.15, 0.2) is 12.2 Å². The maximum Gasteiger partial charge on any atom is 0.338 e. The van der Waals surface area contributed by atoms with Gasteiger partial charge in [-0.1, -0.05) is 54.6 Å². The molecule has 1 aliphatic rings. The monoisotopic (exact) mass is 520 g/mol. The van der Waals surface area contributed by atoms with Gasteiger partial charge in [0.25, 0.3) is 0 Å². The smallest absolute Gasteiger partial charge is 0.338 e. The summed E-state index contributed by atoms with van der Waals surface area (Å²) in [5, 5.41) is 21.4. The lowest BCUT2D eigenvalue weighted by Crippen LogP contribution is -2.63. The lowest BCUT2D eigenvalue weighted by atomic mass is 9.92. The summed E-state index contributed by atoms with van der Waals surface area (Å²) in [7, 11) is 0. The molecule has 38 heavy (non-hydrogen) atoms. The molecule has 3 aromatic carbocycles. The van der Waals surface area contributed by atoms with Gasteiger partial charge in [-0.3, -0.25) is 0 Å². The molecule has 0 amide bonds. The molecule has 4 rings (SSSR count). The number of hydrogen-bond acceptors (Lipinski definition) is 9. The molecule has 2 N–H and O–H groups in total. The number of carbonyl (C=O) groups excluding carboxylic acids is 3. The summed E-state index contributed by atoms with van der Waals surface area (Å²) < 4.78 is 22.6. The van der Waals surface area contributed by atoms with Crippen molar-refractivity contribution in [2.24, 2.45) is 0 Å². The Kier molecular flexibility index (Phi) is 8.85. The van der Waals surface area contributed by atoms with Crippen LogP contribution in [0.1, 0.15) is 38.0 Å². The van der Waals surface area contributed by atoms with Gasteiger partial charge in [-0.25, -0.2) is 14.4 Å². The minimum atomic E-state index is -1.56. The quantitative estimate of drug-likeness (QED) is 0.340. The van der Waals surface area contributed by atoms with Crippen molar-refractivity contribution in [2.75, 3.05) is 6.61 Å². The number of ether oxygens (including phenoxy) is 4. The molecule has 1 fully saturated rings.